The summed E-state index contributed by atoms with van der Waals surface area (Å²) in [7, 11) is -3.69. The zero-order chi connectivity index (χ0) is 24.5. The standard InChI is InChI=1S/C24H27FN4O4S/c1-16-4-7-20(14-23(16)34(31,32)28-10-12-33-13-11-28)26-24(30)15-22-17(2)27-29(18(22)3)21-8-5-19(25)6-9-21/h4-9,14H,10-13,15H2,1-3H3,(H,26,30). The van der Waals surface area contributed by atoms with E-state index in [-0.39, 0.29) is 23.0 Å². The quantitative estimate of drug-likeness (QED) is 0.578. The van der Waals surface area contributed by atoms with Crippen LogP contribution in [-0.2, 0) is 26.0 Å². The van der Waals surface area contributed by atoms with E-state index in [1.165, 1.54) is 22.5 Å². The number of nitrogens with one attached hydrogen (secondary N) is 1. The Balaban J connectivity index is 1.53. The third-order valence-corrected chi connectivity index (χ3v) is 7.95. The first-order valence-corrected chi connectivity index (χ1v) is 12.4. The second-order valence-corrected chi connectivity index (χ2v) is 10.2. The van der Waals surface area contributed by atoms with Gasteiger partial charge in [0.2, 0.25) is 15.9 Å². The highest BCUT2D eigenvalue weighted by atomic mass is 32.2. The molecule has 4 rings (SSSR count). The fourth-order valence-corrected chi connectivity index (χ4v) is 5.67. The van der Waals surface area contributed by atoms with Gasteiger partial charge in [0.05, 0.1) is 35.9 Å². The number of halogens is 1. The Morgan fingerprint density at radius 2 is 1.76 bits per heavy atom. The lowest BCUT2D eigenvalue weighted by Gasteiger charge is -2.26. The number of sulfonamides is 1. The molecule has 1 amide bonds. The summed E-state index contributed by atoms with van der Waals surface area (Å²) < 4.78 is 47.8. The number of rotatable bonds is 6. The highest BCUT2D eigenvalue weighted by Crippen LogP contribution is 2.25. The molecular weight excluding hydrogens is 459 g/mol. The molecule has 3 aromatic rings. The van der Waals surface area contributed by atoms with Crippen LogP contribution in [0.5, 0.6) is 0 Å². The van der Waals surface area contributed by atoms with Gasteiger partial charge >= 0.3 is 0 Å². The van der Waals surface area contributed by atoms with Crippen LogP contribution in [-0.4, -0.2) is 54.7 Å². The fourth-order valence-electron chi connectivity index (χ4n) is 4.01. The van der Waals surface area contributed by atoms with Gasteiger partial charge in [-0.2, -0.15) is 9.40 Å². The highest BCUT2D eigenvalue weighted by Gasteiger charge is 2.28. The van der Waals surface area contributed by atoms with Crippen LogP contribution in [0.4, 0.5) is 10.1 Å². The normalized spacial score (nSPS) is 14.8. The van der Waals surface area contributed by atoms with Crippen molar-refractivity contribution in [3.63, 3.8) is 0 Å². The minimum absolute atomic E-state index is 0.0677. The molecule has 2 aromatic carbocycles. The lowest BCUT2D eigenvalue weighted by molar-refractivity contribution is -0.115. The summed E-state index contributed by atoms with van der Waals surface area (Å²) in [5.41, 5.74) is 3.94. The zero-order valence-electron chi connectivity index (χ0n) is 19.3. The number of amides is 1. The molecule has 8 nitrogen and oxygen atoms in total. The minimum atomic E-state index is -3.69. The van der Waals surface area contributed by atoms with Crippen LogP contribution >= 0.6 is 0 Å². The first-order valence-electron chi connectivity index (χ1n) is 11.0. The van der Waals surface area contributed by atoms with Crippen molar-refractivity contribution in [1.82, 2.24) is 14.1 Å². The van der Waals surface area contributed by atoms with Gasteiger partial charge in [0.1, 0.15) is 5.82 Å². The summed E-state index contributed by atoms with van der Waals surface area (Å²) in [4.78, 5) is 13.0. The number of nitrogens with zero attached hydrogens (tertiary/aromatic N) is 3. The van der Waals surface area contributed by atoms with Crippen molar-refractivity contribution in [3.8, 4) is 5.69 Å². The van der Waals surface area contributed by atoms with E-state index in [9.17, 15) is 17.6 Å². The third kappa shape index (κ3) is 4.89. The zero-order valence-corrected chi connectivity index (χ0v) is 20.2. The minimum Gasteiger partial charge on any atom is -0.379 e. The maximum absolute atomic E-state index is 13.3. The molecule has 0 saturated carbocycles. The maximum atomic E-state index is 13.3. The lowest BCUT2D eigenvalue weighted by Crippen LogP contribution is -2.40. The topological polar surface area (TPSA) is 93.5 Å². The Hall–Kier alpha value is -3.08. The van der Waals surface area contributed by atoms with Crippen molar-refractivity contribution in [1.29, 1.82) is 0 Å². The maximum Gasteiger partial charge on any atom is 0.243 e. The molecule has 34 heavy (non-hydrogen) atoms. The predicted molar refractivity (Wildman–Crippen MR) is 126 cm³/mol. The highest BCUT2D eigenvalue weighted by molar-refractivity contribution is 7.89. The van der Waals surface area contributed by atoms with Gasteiger partial charge in [0.15, 0.2) is 0 Å². The Bertz CT molecular complexity index is 1310. The molecule has 0 spiro atoms. The molecule has 2 heterocycles. The molecular formula is C24H27FN4O4S. The number of carbonyl (C=O) groups excluding carboxylic acids is 1. The number of hydrogen-bond donors (Lipinski definition) is 1. The molecule has 0 bridgehead atoms. The average molecular weight is 487 g/mol. The van der Waals surface area contributed by atoms with Crippen LogP contribution in [0.25, 0.3) is 5.69 Å². The summed E-state index contributed by atoms with van der Waals surface area (Å²) in [5, 5.41) is 7.31. The van der Waals surface area contributed by atoms with Gasteiger partial charge in [-0.25, -0.2) is 17.5 Å². The van der Waals surface area contributed by atoms with Gasteiger partial charge in [-0.15, -0.1) is 0 Å². The number of anilines is 1. The van der Waals surface area contributed by atoms with Gasteiger partial charge < -0.3 is 10.1 Å². The number of ether oxygens (including phenoxy) is 1. The smallest absolute Gasteiger partial charge is 0.243 e. The third-order valence-electron chi connectivity index (χ3n) is 5.91. The molecule has 180 valence electrons. The Morgan fingerprint density at radius 1 is 1.09 bits per heavy atom. The number of carbonyl (C=O) groups is 1. The van der Waals surface area contributed by atoms with Gasteiger partial charge in [-0.1, -0.05) is 6.07 Å². The molecule has 0 atom stereocenters. The van der Waals surface area contributed by atoms with Gasteiger partial charge in [0.25, 0.3) is 0 Å². The Labute approximate surface area is 198 Å². The molecule has 0 radical (unpaired) electrons. The number of benzene rings is 2. The predicted octanol–water partition coefficient (Wildman–Crippen LogP) is 3.14. The number of morpholine rings is 1. The molecule has 0 aliphatic carbocycles. The van der Waals surface area contributed by atoms with Crippen LogP contribution in [0, 0.1) is 26.6 Å². The molecule has 1 saturated heterocycles. The van der Waals surface area contributed by atoms with Crippen molar-refractivity contribution >= 4 is 21.6 Å². The number of aromatic nitrogens is 2. The van der Waals surface area contributed by atoms with E-state index in [1.54, 1.807) is 35.9 Å². The summed E-state index contributed by atoms with van der Waals surface area (Å²) in [6.07, 6.45) is 0.0677. The molecule has 1 fully saturated rings. The summed E-state index contributed by atoms with van der Waals surface area (Å²) in [5.74, 6) is -0.624. The monoisotopic (exact) mass is 486 g/mol. The number of hydrogen-bond acceptors (Lipinski definition) is 5. The summed E-state index contributed by atoms with van der Waals surface area (Å²) in [6, 6.07) is 10.8. The fraction of sp³-hybridized carbons (Fsp3) is 0.333. The first kappa shape index (κ1) is 24.1. The van der Waals surface area contributed by atoms with Gasteiger partial charge in [-0.05, 0) is 62.7 Å². The van der Waals surface area contributed by atoms with Crippen molar-refractivity contribution < 1.29 is 22.3 Å². The summed E-state index contributed by atoms with van der Waals surface area (Å²) in [6.45, 7) is 6.72. The van der Waals surface area contributed by atoms with Crippen LogP contribution in [0.15, 0.2) is 47.4 Å². The average Bonchev–Trinajstić information content (AvgIpc) is 3.09. The van der Waals surface area contributed by atoms with Crippen LogP contribution in [0.1, 0.15) is 22.5 Å². The second-order valence-electron chi connectivity index (χ2n) is 8.26. The van der Waals surface area contributed by atoms with E-state index in [1.807, 2.05) is 13.8 Å². The van der Waals surface area contributed by atoms with E-state index in [4.69, 9.17) is 4.74 Å². The van der Waals surface area contributed by atoms with Crippen LogP contribution < -0.4 is 5.32 Å². The Morgan fingerprint density at radius 3 is 2.44 bits per heavy atom. The van der Waals surface area contributed by atoms with Crippen molar-refractivity contribution in [2.75, 3.05) is 31.6 Å². The molecule has 10 heteroatoms. The van der Waals surface area contributed by atoms with Crippen molar-refractivity contribution in [3.05, 3.63) is 70.8 Å². The molecule has 1 aromatic heterocycles. The lowest BCUT2D eigenvalue weighted by atomic mass is 10.1. The van der Waals surface area contributed by atoms with Gasteiger partial charge in [0, 0.05) is 30.0 Å². The largest absolute Gasteiger partial charge is 0.379 e. The van der Waals surface area contributed by atoms with E-state index in [0.29, 0.717) is 48.9 Å². The molecule has 1 aliphatic rings. The second kappa shape index (κ2) is 9.65. The van der Waals surface area contributed by atoms with Crippen molar-refractivity contribution in [2.24, 2.45) is 0 Å². The number of aryl methyl sites for hydroxylation is 2. The van der Waals surface area contributed by atoms with Crippen molar-refractivity contribution in [2.45, 2.75) is 32.1 Å². The van der Waals surface area contributed by atoms with Crippen LogP contribution in [0.2, 0.25) is 0 Å². The van der Waals surface area contributed by atoms with Crippen LogP contribution in [0.3, 0.4) is 0 Å². The molecule has 1 N–H and O–H groups in total. The van der Waals surface area contributed by atoms with Gasteiger partial charge in [-0.3, -0.25) is 4.79 Å². The van der Waals surface area contributed by atoms with E-state index in [0.717, 1.165) is 11.3 Å². The summed E-state index contributed by atoms with van der Waals surface area (Å²) >= 11 is 0. The van der Waals surface area contributed by atoms with E-state index >= 15 is 0 Å². The molecule has 0 unspecified atom stereocenters. The SMILES string of the molecule is Cc1ccc(NC(=O)Cc2c(C)nn(-c3ccc(F)cc3)c2C)cc1S(=O)(=O)N1CCOCC1. The van der Waals surface area contributed by atoms with E-state index < -0.39 is 10.0 Å². The van der Waals surface area contributed by atoms with E-state index in [2.05, 4.69) is 10.4 Å². The molecule has 1 aliphatic heterocycles. The first-order chi connectivity index (χ1) is 16.2. The Kier molecular flexibility index (Phi) is 6.83.